The molecule has 0 N–H and O–H groups in total. The van der Waals surface area contributed by atoms with Crippen molar-refractivity contribution in [2.24, 2.45) is 0 Å². The molecule has 0 heterocycles. The lowest BCUT2D eigenvalue weighted by Crippen LogP contribution is -2.17. The van der Waals surface area contributed by atoms with Gasteiger partial charge in [0.1, 0.15) is 28.7 Å². The van der Waals surface area contributed by atoms with Crippen LogP contribution in [-0.2, 0) is 14.9 Å². The molecule has 0 bridgehead atoms. The summed E-state index contributed by atoms with van der Waals surface area (Å²) in [5, 5.41) is 0. The molecule has 0 aliphatic heterocycles. The number of ether oxygens (including phenoxy) is 6. The molecule has 0 saturated heterocycles. The highest BCUT2D eigenvalue weighted by molar-refractivity contribution is 5.91. The third kappa shape index (κ3) is 12.6. The molecule has 0 saturated carbocycles. The SMILES string of the molecule is C=CC(=O)OCCCCOc1ccc(C(=O)Oc2ccc(OCOc3ccc(OCCCCCC)cc3)cc2C(C)(C)C)cc1. The van der Waals surface area contributed by atoms with Gasteiger partial charge in [0.2, 0.25) is 6.79 Å². The third-order valence-electron chi connectivity index (χ3n) is 6.81. The van der Waals surface area contributed by atoms with Crippen LogP contribution in [0.2, 0.25) is 0 Å². The van der Waals surface area contributed by atoms with Crippen molar-refractivity contribution in [1.29, 1.82) is 0 Å². The van der Waals surface area contributed by atoms with Gasteiger partial charge in [-0.1, -0.05) is 53.5 Å². The van der Waals surface area contributed by atoms with Crippen LogP contribution < -0.4 is 23.7 Å². The van der Waals surface area contributed by atoms with E-state index in [4.69, 9.17) is 28.4 Å². The van der Waals surface area contributed by atoms with Crippen LogP contribution in [0.1, 0.15) is 82.1 Å². The van der Waals surface area contributed by atoms with Gasteiger partial charge in [-0.25, -0.2) is 9.59 Å². The fourth-order valence-electron chi connectivity index (χ4n) is 4.26. The zero-order valence-corrected chi connectivity index (χ0v) is 27.0. The van der Waals surface area contributed by atoms with Gasteiger partial charge in [-0.2, -0.15) is 0 Å². The Morgan fingerprint density at radius 2 is 1.22 bits per heavy atom. The predicted molar refractivity (Wildman–Crippen MR) is 175 cm³/mol. The first kappa shape index (κ1) is 35.0. The summed E-state index contributed by atoms with van der Waals surface area (Å²) in [4.78, 5) is 24.0. The minimum Gasteiger partial charge on any atom is -0.494 e. The monoisotopic (exact) mass is 618 g/mol. The molecule has 45 heavy (non-hydrogen) atoms. The highest BCUT2D eigenvalue weighted by atomic mass is 16.7. The summed E-state index contributed by atoms with van der Waals surface area (Å²) in [6.45, 7) is 13.2. The Bertz CT molecular complexity index is 1340. The molecule has 3 aromatic carbocycles. The molecule has 3 aromatic rings. The summed E-state index contributed by atoms with van der Waals surface area (Å²) in [6.07, 6.45) is 7.21. The standard InChI is InChI=1S/C37H46O8/c1-6-8-9-10-23-40-30-17-19-31(20-18-30)43-27-44-32-21-22-34(33(26-32)37(3,4)5)45-36(39)28-13-15-29(16-14-28)41-24-11-12-25-42-35(38)7-2/h7,13-22,26H,2,6,8-12,23-25,27H2,1,3-5H3. The van der Waals surface area contributed by atoms with Gasteiger partial charge in [-0.15, -0.1) is 0 Å². The van der Waals surface area contributed by atoms with Gasteiger partial charge >= 0.3 is 11.9 Å². The lowest BCUT2D eigenvalue weighted by Gasteiger charge is -2.23. The van der Waals surface area contributed by atoms with Crippen LogP contribution in [-0.4, -0.2) is 38.6 Å². The first-order chi connectivity index (χ1) is 21.7. The molecule has 3 rings (SSSR count). The van der Waals surface area contributed by atoms with E-state index in [0.717, 1.165) is 30.2 Å². The highest BCUT2D eigenvalue weighted by Crippen LogP contribution is 2.35. The van der Waals surface area contributed by atoms with Crippen molar-refractivity contribution in [3.05, 3.63) is 90.5 Å². The minimum atomic E-state index is -0.471. The number of hydrogen-bond acceptors (Lipinski definition) is 8. The zero-order chi connectivity index (χ0) is 32.5. The molecule has 242 valence electrons. The van der Waals surface area contributed by atoms with Crippen molar-refractivity contribution in [2.45, 2.75) is 71.6 Å². The van der Waals surface area contributed by atoms with E-state index in [1.807, 2.05) is 51.1 Å². The molecule has 0 aromatic heterocycles. The average molecular weight is 619 g/mol. The van der Waals surface area contributed by atoms with E-state index < -0.39 is 11.9 Å². The Hall–Kier alpha value is -4.46. The van der Waals surface area contributed by atoms with Crippen molar-refractivity contribution in [3.63, 3.8) is 0 Å². The van der Waals surface area contributed by atoms with Crippen molar-refractivity contribution in [3.8, 4) is 28.7 Å². The van der Waals surface area contributed by atoms with Gasteiger partial charge in [-0.05, 0) is 91.4 Å². The van der Waals surface area contributed by atoms with Gasteiger partial charge in [0.25, 0.3) is 0 Å². The van der Waals surface area contributed by atoms with Crippen molar-refractivity contribution in [2.75, 3.05) is 26.6 Å². The van der Waals surface area contributed by atoms with Crippen LogP contribution in [0.25, 0.3) is 0 Å². The number of esters is 2. The molecule has 0 amide bonds. The van der Waals surface area contributed by atoms with Gasteiger partial charge < -0.3 is 28.4 Å². The highest BCUT2D eigenvalue weighted by Gasteiger charge is 2.22. The average Bonchev–Trinajstić information content (AvgIpc) is 3.03. The summed E-state index contributed by atoms with van der Waals surface area (Å²) < 4.78 is 33.9. The maximum Gasteiger partial charge on any atom is 0.343 e. The normalized spacial score (nSPS) is 10.9. The first-order valence-electron chi connectivity index (χ1n) is 15.6. The maximum atomic E-state index is 13.0. The summed E-state index contributed by atoms with van der Waals surface area (Å²) in [7, 11) is 0. The maximum absolute atomic E-state index is 13.0. The summed E-state index contributed by atoms with van der Waals surface area (Å²) in [5.74, 6) is 2.30. The smallest absolute Gasteiger partial charge is 0.343 e. The van der Waals surface area contributed by atoms with Crippen LogP contribution >= 0.6 is 0 Å². The summed E-state index contributed by atoms with van der Waals surface area (Å²) in [5.41, 5.74) is 0.914. The van der Waals surface area contributed by atoms with E-state index in [9.17, 15) is 9.59 Å². The molecule has 0 fully saturated rings. The largest absolute Gasteiger partial charge is 0.494 e. The zero-order valence-electron chi connectivity index (χ0n) is 27.0. The summed E-state index contributed by atoms with van der Waals surface area (Å²) in [6, 6.07) is 19.7. The third-order valence-corrected chi connectivity index (χ3v) is 6.81. The molecule has 0 aliphatic carbocycles. The molecular weight excluding hydrogens is 572 g/mol. The van der Waals surface area contributed by atoms with Crippen LogP contribution in [0, 0.1) is 0 Å². The van der Waals surface area contributed by atoms with Crippen LogP contribution in [0.15, 0.2) is 79.4 Å². The Kier molecular flexibility index (Phi) is 14.3. The van der Waals surface area contributed by atoms with Gasteiger partial charge in [0.05, 0.1) is 25.4 Å². The number of carbonyl (C=O) groups excluding carboxylic acids is 2. The Morgan fingerprint density at radius 3 is 1.82 bits per heavy atom. The van der Waals surface area contributed by atoms with Gasteiger partial charge in [0.15, 0.2) is 0 Å². The molecule has 0 aliphatic rings. The van der Waals surface area contributed by atoms with Gasteiger partial charge in [-0.3, -0.25) is 0 Å². The first-order valence-corrected chi connectivity index (χ1v) is 15.6. The topological polar surface area (TPSA) is 89.5 Å². The fraction of sp³-hybridized carbons (Fsp3) is 0.405. The lowest BCUT2D eigenvalue weighted by molar-refractivity contribution is -0.137. The van der Waals surface area contributed by atoms with Crippen molar-refractivity contribution >= 4 is 11.9 Å². The predicted octanol–water partition coefficient (Wildman–Crippen LogP) is 8.47. The number of hydrogen-bond donors (Lipinski definition) is 0. The number of unbranched alkanes of at least 4 members (excludes halogenated alkanes) is 4. The van der Waals surface area contributed by atoms with Crippen LogP contribution in [0.3, 0.4) is 0 Å². The van der Waals surface area contributed by atoms with E-state index in [1.54, 1.807) is 36.4 Å². The molecule has 0 spiro atoms. The van der Waals surface area contributed by atoms with E-state index in [0.29, 0.717) is 54.8 Å². The molecular formula is C37H46O8. The number of rotatable bonds is 19. The Balaban J connectivity index is 1.49. The minimum absolute atomic E-state index is 0.0249. The summed E-state index contributed by atoms with van der Waals surface area (Å²) >= 11 is 0. The van der Waals surface area contributed by atoms with E-state index in [1.165, 1.54) is 19.3 Å². The van der Waals surface area contributed by atoms with E-state index in [-0.39, 0.29) is 12.2 Å². The van der Waals surface area contributed by atoms with Crippen LogP contribution in [0.5, 0.6) is 28.7 Å². The second-order valence-corrected chi connectivity index (χ2v) is 11.5. The second kappa shape index (κ2) is 18.4. The molecule has 0 radical (unpaired) electrons. The second-order valence-electron chi connectivity index (χ2n) is 11.5. The van der Waals surface area contributed by atoms with E-state index >= 15 is 0 Å². The number of benzene rings is 3. The number of carbonyl (C=O) groups is 2. The fourth-order valence-corrected chi connectivity index (χ4v) is 4.26. The molecule has 8 nitrogen and oxygen atoms in total. The van der Waals surface area contributed by atoms with Crippen LogP contribution in [0.4, 0.5) is 0 Å². The van der Waals surface area contributed by atoms with E-state index in [2.05, 4.69) is 13.5 Å². The Morgan fingerprint density at radius 1 is 0.689 bits per heavy atom. The molecule has 0 unspecified atom stereocenters. The lowest BCUT2D eigenvalue weighted by atomic mass is 9.86. The Labute approximate surface area is 267 Å². The molecule has 0 atom stereocenters. The van der Waals surface area contributed by atoms with Crippen molar-refractivity contribution < 1.29 is 38.0 Å². The quantitative estimate of drug-likeness (QED) is 0.0435. The van der Waals surface area contributed by atoms with Crippen molar-refractivity contribution in [1.82, 2.24) is 0 Å². The molecule has 8 heteroatoms. The van der Waals surface area contributed by atoms with Gasteiger partial charge in [0, 0.05) is 11.6 Å².